The number of aromatic nitrogens is 1. The molecule has 0 atom stereocenters. The maximum atomic E-state index is 11.3. The van der Waals surface area contributed by atoms with E-state index in [4.69, 9.17) is 0 Å². The summed E-state index contributed by atoms with van der Waals surface area (Å²) in [4.78, 5) is 11.0. The van der Waals surface area contributed by atoms with Gasteiger partial charge in [-0.1, -0.05) is 54.6 Å². The zero-order chi connectivity index (χ0) is 20.1. The molecule has 4 rings (SSSR count). The fourth-order valence-corrected chi connectivity index (χ4v) is 7.78. The van der Waals surface area contributed by atoms with Crippen LogP contribution < -0.4 is 20.5 Å². The number of hydrogen-bond acceptors (Lipinski definition) is 2. The van der Waals surface area contributed by atoms with Gasteiger partial charge in [-0.2, -0.15) is 4.57 Å². The maximum absolute atomic E-state index is 11.3. The van der Waals surface area contributed by atoms with Crippen molar-refractivity contribution >= 4 is 28.9 Å². The average molecular weight is 400 g/mol. The Balaban J connectivity index is 1.98. The van der Waals surface area contributed by atoms with Gasteiger partial charge < -0.3 is 0 Å². The van der Waals surface area contributed by atoms with Gasteiger partial charge in [-0.05, 0) is 36.4 Å². The van der Waals surface area contributed by atoms with Crippen LogP contribution in [0.15, 0.2) is 116 Å². The minimum atomic E-state index is -2.08. The summed E-state index contributed by atoms with van der Waals surface area (Å²) in [6.07, 6.45) is 4.19. The molecule has 29 heavy (non-hydrogen) atoms. The fraction of sp³-hybridized carbons (Fsp3) is 0.0417. The zero-order valence-corrected chi connectivity index (χ0v) is 16.7. The van der Waals surface area contributed by atoms with Gasteiger partial charge in [-0.15, -0.1) is 0 Å². The molecule has 142 valence electrons. The van der Waals surface area contributed by atoms with E-state index in [2.05, 4.69) is 72.8 Å². The number of hydrogen-bond donors (Lipinski definition) is 0. The number of nitrogens with zero attached hydrogens (tertiary/aromatic N) is 2. The molecule has 1 aromatic heterocycles. The highest BCUT2D eigenvalue weighted by atomic mass is 31.2. The average Bonchev–Trinajstić information content (AvgIpc) is 2.79. The van der Waals surface area contributed by atoms with Crippen molar-refractivity contribution in [3.63, 3.8) is 0 Å². The Morgan fingerprint density at radius 1 is 0.690 bits per heavy atom. The lowest BCUT2D eigenvalue weighted by Crippen LogP contribution is -2.44. The summed E-state index contributed by atoms with van der Waals surface area (Å²) in [5.41, 5.74) is 0.0970. The van der Waals surface area contributed by atoms with E-state index < -0.39 is 7.26 Å². The topological polar surface area (TPSA) is 47.0 Å². The molecule has 0 saturated heterocycles. The summed E-state index contributed by atoms with van der Waals surface area (Å²) >= 11 is 0. The van der Waals surface area contributed by atoms with Gasteiger partial charge in [0, 0.05) is 12.1 Å². The number of pyridine rings is 1. The molecule has 0 N–H and O–H groups in total. The third kappa shape index (κ3) is 3.80. The minimum absolute atomic E-state index is 0.0970. The van der Waals surface area contributed by atoms with E-state index in [0.717, 1.165) is 0 Å². The molecule has 0 aliphatic rings. The third-order valence-electron chi connectivity index (χ3n) is 5.02. The molecule has 0 bridgehead atoms. The lowest BCUT2D eigenvalue weighted by Gasteiger charge is -2.24. The van der Waals surface area contributed by atoms with E-state index in [1.807, 2.05) is 29.0 Å². The summed E-state index contributed by atoms with van der Waals surface area (Å²) in [7, 11) is -2.08. The van der Waals surface area contributed by atoms with E-state index in [0.29, 0.717) is 6.29 Å². The lowest BCUT2D eigenvalue weighted by molar-refractivity contribution is -0.680. The van der Waals surface area contributed by atoms with Crippen LogP contribution in [0.2, 0.25) is 0 Å². The molecule has 1 heterocycles. The van der Waals surface area contributed by atoms with Crippen LogP contribution in [0.4, 0.5) is 5.69 Å². The van der Waals surface area contributed by atoms with E-state index in [1.165, 1.54) is 22.0 Å². The highest BCUT2D eigenvalue weighted by Gasteiger charge is 2.49. The van der Waals surface area contributed by atoms with Crippen LogP contribution in [0, 0.1) is 10.1 Å². The van der Waals surface area contributed by atoms with E-state index >= 15 is 0 Å². The summed E-state index contributed by atoms with van der Waals surface area (Å²) in [6.45, 7) is 0. The largest absolute Gasteiger partial charge is 0.332 e. The van der Waals surface area contributed by atoms with Gasteiger partial charge in [0.05, 0.1) is 4.92 Å². The first-order valence-electron chi connectivity index (χ1n) is 9.38. The van der Waals surface area contributed by atoms with Crippen molar-refractivity contribution in [1.82, 2.24) is 0 Å². The Bertz CT molecular complexity index is 1010. The smallest absolute Gasteiger partial charge is 0.258 e. The summed E-state index contributed by atoms with van der Waals surface area (Å²) in [5.74, 6) is 0. The van der Waals surface area contributed by atoms with Crippen LogP contribution in [0.5, 0.6) is 0 Å². The second-order valence-electron chi connectivity index (χ2n) is 6.79. The predicted molar refractivity (Wildman–Crippen MR) is 118 cm³/mol. The zero-order valence-electron chi connectivity index (χ0n) is 15.8. The van der Waals surface area contributed by atoms with Crippen molar-refractivity contribution < 1.29 is 9.49 Å². The summed E-state index contributed by atoms with van der Waals surface area (Å²) in [5, 5.41) is 15.1. The number of rotatable bonds is 6. The lowest BCUT2D eigenvalue weighted by atomic mass is 10.4. The monoisotopic (exact) mass is 400 g/mol. The Hall–Kier alpha value is -3.36. The Labute approximate surface area is 170 Å². The summed E-state index contributed by atoms with van der Waals surface area (Å²) in [6, 6.07) is 34.8. The molecule has 3 aromatic carbocycles. The van der Waals surface area contributed by atoms with Gasteiger partial charge in [-0.25, -0.2) is 0 Å². The predicted octanol–water partition coefficient (Wildman–Crippen LogP) is 3.83. The third-order valence-corrected chi connectivity index (χ3v) is 9.31. The van der Waals surface area contributed by atoms with E-state index in [9.17, 15) is 10.1 Å². The van der Waals surface area contributed by atoms with Crippen LogP contribution in [0.3, 0.4) is 0 Å². The van der Waals surface area contributed by atoms with Crippen LogP contribution in [-0.2, 0) is 6.29 Å². The number of nitro groups is 1. The molecule has 5 heteroatoms. The molecular weight excluding hydrogens is 379 g/mol. The fourth-order valence-electron chi connectivity index (χ4n) is 3.69. The molecule has 0 fully saturated rings. The van der Waals surface area contributed by atoms with Crippen molar-refractivity contribution in [2.24, 2.45) is 0 Å². The van der Waals surface area contributed by atoms with Gasteiger partial charge in [-0.3, -0.25) is 10.1 Å². The molecular formula is C24H21N2O2P+2. The van der Waals surface area contributed by atoms with Crippen LogP contribution in [0.1, 0.15) is 0 Å². The van der Waals surface area contributed by atoms with Gasteiger partial charge in [0.2, 0.25) is 6.20 Å². The summed E-state index contributed by atoms with van der Waals surface area (Å²) < 4.78 is 1.96. The van der Waals surface area contributed by atoms with Crippen molar-refractivity contribution in [1.29, 1.82) is 0 Å². The van der Waals surface area contributed by atoms with E-state index in [1.54, 1.807) is 12.3 Å². The second-order valence-corrected chi connectivity index (χ2v) is 10.2. The first-order chi connectivity index (χ1) is 14.2. The van der Waals surface area contributed by atoms with Gasteiger partial charge in [0.1, 0.15) is 15.9 Å². The Morgan fingerprint density at radius 3 is 1.55 bits per heavy atom. The molecule has 0 amide bonds. The number of benzene rings is 3. The molecule has 4 aromatic rings. The van der Waals surface area contributed by atoms with Crippen molar-refractivity contribution in [3.05, 3.63) is 126 Å². The van der Waals surface area contributed by atoms with Crippen molar-refractivity contribution in [3.8, 4) is 0 Å². The molecule has 0 aliphatic heterocycles. The molecule has 0 unspecified atom stereocenters. The molecule has 4 nitrogen and oxygen atoms in total. The van der Waals surface area contributed by atoms with Crippen molar-refractivity contribution in [2.75, 3.05) is 0 Å². The Morgan fingerprint density at radius 2 is 1.14 bits per heavy atom. The standard InChI is InChI=1S/C24H21N2O2P/c27-26(28)21-11-10-18-25(19-21)20-29(22-12-4-1-5-13-22,23-14-6-2-7-15-23)24-16-8-3-9-17-24/h1-19H,20H2/q+2. The van der Waals surface area contributed by atoms with Gasteiger partial charge in [0.15, 0.2) is 13.5 Å². The molecule has 0 spiro atoms. The van der Waals surface area contributed by atoms with Crippen molar-refractivity contribution in [2.45, 2.75) is 6.29 Å². The normalized spacial score (nSPS) is 11.2. The first-order valence-corrected chi connectivity index (χ1v) is 11.4. The second kappa shape index (κ2) is 8.34. The highest BCUT2D eigenvalue weighted by Crippen LogP contribution is 2.55. The van der Waals surface area contributed by atoms with Crippen LogP contribution >= 0.6 is 7.26 Å². The highest BCUT2D eigenvalue weighted by molar-refractivity contribution is 7.94. The van der Waals surface area contributed by atoms with Crippen LogP contribution in [-0.4, -0.2) is 4.92 Å². The Kier molecular flexibility index (Phi) is 5.46. The first kappa shape index (κ1) is 19.0. The minimum Gasteiger partial charge on any atom is -0.258 e. The maximum Gasteiger partial charge on any atom is 0.332 e. The SMILES string of the molecule is O=[N+]([O-])c1ccc[n+](C[P+](c2ccccc2)(c2ccccc2)c2ccccc2)c1. The molecule has 0 saturated carbocycles. The van der Waals surface area contributed by atoms with Gasteiger partial charge >= 0.3 is 5.69 Å². The molecule has 0 radical (unpaired) electrons. The van der Waals surface area contributed by atoms with E-state index in [-0.39, 0.29) is 10.6 Å². The van der Waals surface area contributed by atoms with Gasteiger partial charge in [0.25, 0.3) is 6.29 Å². The molecule has 0 aliphatic carbocycles. The van der Waals surface area contributed by atoms with Crippen LogP contribution in [0.25, 0.3) is 0 Å². The quantitative estimate of drug-likeness (QED) is 0.214.